The van der Waals surface area contributed by atoms with Crippen molar-refractivity contribution in [2.24, 2.45) is 11.3 Å². The van der Waals surface area contributed by atoms with Crippen LogP contribution in [0.1, 0.15) is 49.3 Å². The van der Waals surface area contributed by atoms with Crippen LogP contribution in [0, 0.1) is 11.3 Å². The average molecular weight is 669 g/mol. The lowest BCUT2D eigenvalue weighted by atomic mass is 9.66. The minimum absolute atomic E-state index is 0.0580. The number of benzene rings is 3. The summed E-state index contributed by atoms with van der Waals surface area (Å²) in [5.41, 5.74) is 2.27. The molecule has 1 saturated heterocycles. The van der Waals surface area contributed by atoms with E-state index in [1.54, 1.807) is 4.90 Å². The summed E-state index contributed by atoms with van der Waals surface area (Å²) in [5.74, 6) is -0.530. The molecule has 0 spiro atoms. The fourth-order valence-electron chi connectivity index (χ4n) is 7.02. The van der Waals surface area contributed by atoms with E-state index in [-0.39, 0.29) is 44.6 Å². The third kappa shape index (κ3) is 7.81. The van der Waals surface area contributed by atoms with E-state index in [2.05, 4.69) is 17.4 Å². The van der Waals surface area contributed by atoms with Crippen LogP contribution in [0.3, 0.4) is 0 Å². The molecule has 3 aliphatic rings. The highest BCUT2D eigenvalue weighted by atomic mass is 16.7. The molecule has 10 heteroatoms. The Morgan fingerprint density at radius 1 is 0.939 bits per heavy atom. The molecule has 4 atom stereocenters. The topological polar surface area (TPSA) is 113 Å². The van der Waals surface area contributed by atoms with Crippen LogP contribution in [0.15, 0.2) is 90.6 Å². The van der Waals surface area contributed by atoms with Gasteiger partial charge in [-0.2, -0.15) is 0 Å². The lowest BCUT2D eigenvalue weighted by Gasteiger charge is -2.51. The summed E-state index contributed by atoms with van der Waals surface area (Å²) in [4.78, 5) is 43.1. The second kappa shape index (κ2) is 15.7. The van der Waals surface area contributed by atoms with Crippen molar-refractivity contribution in [3.8, 4) is 11.5 Å². The number of fused-ring (bicyclic) bond motifs is 2. The molecule has 258 valence electrons. The maximum absolute atomic E-state index is 14.4. The number of aryl methyl sites for hydroxylation is 1. The first-order valence-electron chi connectivity index (χ1n) is 17.0. The van der Waals surface area contributed by atoms with Crippen LogP contribution in [0.2, 0.25) is 0 Å². The van der Waals surface area contributed by atoms with Crippen molar-refractivity contribution in [1.29, 1.82) is 0 Å². The van der Waals surface area contributed by atoms with Crippen molar-refractivity contribution in [3.63, 3.8) is 0 Å². The molecule has 0 aromatic heterocycles. The molecule has 1 N–H and O–H groups in total. The van der Waals surface area contributed by atoms with E-state index >= 15 is 0 Å². The Morgan fingerprint density at radius 2 is 1.67 bits per heavy atom. The lowest BCUT2D eigenvalue weighted by molar-refractivity contribution is -0.178. The molecule has 0 saturated carbocycles. The number of carbonyl (C=O) groups excluding carboxylic acids is 3. The summed E-state index contributed by atoms with van der Waals surface area (Å²) in [6.45, 7) is 3.23. The minimum Gasteiger partial charge on any atom is -0.468 e. The zero-order valence-corrected chi connectivity index (χ0v) is 28.1. The van der Waals surface area contributed by atoms with Crippen LogP contribution in [0.4, 0.5) is 0 Å². The van der Waals surface area contributed by atoms with Gasteiger partial charge in [-0.25, -0.2) is 0 Å². The Bertz CT molecular complexity index is 1650. The van der Waals surface area contributed by atoms with E-state index in [0.717, 1.165) is 30.4 Å². The third-order valence-electron chi connectivity index (χ3n) is 9.56. The molecule has 0 aliphatic carbocycles. The molecule has 49 heavy (non-hydrogen) atoms. The number of amides is 2. The monoisotopic (exact) mass is 668 g/mol. The number of hydrogen-bond acceptors (Lipinski definition) is 8. The molecular formula is C39H44N2O8. The van der Waals surface area contributed by atoms with Gasteiger partial charge in [-0.3, -0.25) is 14.4 Å². The van der Waals surface area contributed by atoms with Crippen molar-refractivity contribution >= 4 is 17.8 Å². The number of nitrogens with zero attached hydrogens (tertiary/aromatic N) is 1. The van der Waals surface area contributed by atoms with Gasteiger partial charge in [-0.15, -0.1) is 0 Å². The standard InChI is InChI=1S/C39H44N2O8/c1-27-39(38(44)45-2)22-31(20-36(42)40-18-10-9-13-28-11-5-3-6-12-28)37(43)41(23-30-16-17-33-34(19-30)48-26-47-33)35(39)21-32(49-27)25-46-24-29-14-7-4-8-15-29/h3-8,11-12,14-17,19,21,27,31-32H,9-10,13,18,20,22-26H2,1-2H3,(H,40,42)/t27-,31+,32-,39+/m1/s1. The summed E-state index contributed by atoms with van der Waals surface area (Å²) in [6.07, 6.45) is 3.33. The van der Waals surface area contributed by atoms with Crippen molar-refractivity contribution in [2.45, 2.75) is 64.4 Å². The molecule has 3 aromatic carbocycles. The fraction of sp³-hybridized carbons (Fsp3) is 0.410. The smallest absolute Gasteiger partial charge is 0.320 e. The number of rotatable bonds is 14. The number of esters is 1. The Morgan fingerprint density at radius 3 is 2.43 bits per heavy atom. The van der Waals surface area contributed by atoms with Crippen LogP contribution in [-0.2, 0) is 48.2 Å². The number of carbonyl (C=O) groups is 3. The molecule has 0 unspecified atom stereocenters. The summed E-state index contributed by atoms with van der Waals surface area (Å²) in [7, 11) is 1.34. The summed E-state index contributed by atoms with van der Waals surface area (Å²) < 4.78 is 28.9. The van der Waals surface area contributed by atoms with Gasteiger partial charge in [0.1, 0.15) is 11.5 Å². The number of piperidine rings is 1. The molecule has 2 amide bonds. The van der Waals surface area contributed by atoms with Crippen LogP contribution in [-0.4, -0.2) is 61.9 Å². The highest BCUT2D eigenvalue weighted by Gasteiger charge is 2.59. The second-order valence-electron chi connectivity index (χ2n) is 12.8. The second-order valence-corrected chi connectivity index (χ2v) is 12.8. The Kier molecular flexibility index (Phi) is 11.0. The number of likely N-dealkylation sites (tertiary alicyclic amines) is 1. The highest BCUT2D eigenvalue weighted by molar-refractivity contribution is 5.92. The Hall–Kier alpha value is -4.67. The summed E-state index contributed by atoms with van der Waals surface area (Å²) in [5, 5.41) is 2.99. The van der Waals surface area contributed by atoms with Gasteiger partial charge < -0.3 is 33.9 Å². The maximum atomic E-state index is 14.4. The van der Waals surface area contributed by atoms with Gasteiger partial charge in [0, 0.05) is 24.6 Å². The fourth-order valence-corrected chi connectivity index (χ4v) is 7.02. The van der Waals surface area contributed by atoms with Gasteiger partial charge in [-0.1, -0.05) is 66.7 Å². The van der Waals surface area contributed by atoms with E-state index in [4.69, 9.17) is 23.7 Å². The maximum Gasteiger partial charge on any atom is 0.320 e. The van der Waals surface area contributed by atoms with E-state index in [1.807, 2.05) is 79.7 Å². The van der Waals surface area contributed by atoms with Gasteiger partial charge in [0.05, 0.1) is 33.0 Å². The predicted octanol–water partition coefficient (Wildman–Crippen LogP) is 5.34. The number of methoxy groups -OCH3 is 1. The SMILES string of the molecule is COC(=O)[C@]12C[C@H](CC(=O)NCCCCc3ccccc3)C(=O)N(Cc3ccc4c(c3)OCO4)C1=C[C@H](COCc1ccccc1)O[C@@H]2C. The van der Waals surface area contributed by atoms with Gasteiger partial charge in [-0.05, 0) is 67.5 Å². The molecule has 10 nitrogen and oxygen atoms in total. The molecule has 1 fully saturated rings. The molecule has 3 heterocycles. The average Bonchev–Trinajstić information content (AvgIpc) is 3.59. The highest BCUT2D eigenvalue weighted by Crippen LogP contribution is 2.51. The lowest BCUT2D eigenvalue weighted by Crippen LogP contribution is -2.60. The number of ether oxygens (including phenoxy) is 5. The number of hydrogen-bond donors (Lipinski definition) is 1. The minimum atomic E-state index is -1.31. The van der Waals surface area contributed by atoms with Crippen LogP contribution < -0.4 is 14.8 Å². The van der Waals surface area contributed by atoms with E-state index < -0.39 is 29.5 Å². The van der Waals surface area contributed by atoms with Crippen LogP contribution in [0.25, 0.3) is 0 Å². The van der Waals surface area contributed by atoms with Crippen molar-refractivity contribution < 1.29 is 38.1 Å². The van der Waals surface area contributed by atoms with Gasteiger partial charge in [0.15, 0.2) is 11.5 Å². The zero-order valence-electron chi connectivity index (χ0n) is 28.1. The molecule has 6 rings (SSSR count). The summed E-state index contributed by atoms with van der Waals surface area (Å²) >= 11 is 0. The molecule has 0 radical (unpaired) electrons. The predicted molar refractivity (Wildman–Crippen MR) is 181 cm³/mol. The molecule has 3 aliphatic heterocycles. The normalized spacial score (nSPS) is 22.7. The van der Waals surface area contributed by atoms with Crippen LogP contribution >= 0.6 is 0 Å². The summed E-state index contributed by atoms with van der Waals surface area (Å²) in [6, 6.07) is 25.6. The molecule has 0 bridgehead atoms. The molecule has 3 aromatic rings. The van der Waals surface area contributed by atoms with Gasteiger partial charge in [0.2, 0.25) is 18.6 Å². The first kappa shape index (κ1) is 34.2. The first-order chi connectivity index (χ1) is 23.9. The van der Waals surface area contributed by atoms with Crippen molar-refractivity contribution in [2.75, 3.05) is 27.1 Å². The van der Waals surface area contributed by atoms with Gasteiger partial charge >= 0.3 is 5.97 Å². The first-order valence-corrected chi connectivity index (χ1v) is 17.0. The van der Waals surface area contributed by atoms with E-state index in [9.17, 15) is 14.4 Å². The molecular weight excluding hydrogens is 624 g/mol. The Balaban J connectivity index is 1.21. The van der Waals surface area contributed by atoms with Crippen LogP contribution in [0.5, 0.6) is 11.5 Å². The van der Waals surface area contributed by atoms with E-state index in [0.29, 0.717) is 30.3 Å². The van der Waals surface area contributed by atoms with E-state index in [1.165, 1.54) is 12.7 Å². The van der Waals surface area contributed by atoms with Gasteiger partial charge in [0.25, 0.3) is 0 Å². The largest absolute Gasteiger partial charge is 0.468 e. The number of nitrogens with one attached hydrogen (secondary N) is 1. The number of unbranched alkanes of at least 4 members (excludes halogenated alkanes) is 1. The van der Waals surface area contributed by atoms with Crippen molar-refractivity contribution in [1.82, 2.24) is 10.2 Å². The zero-order chi connectivity index (χ0) is 34.2. The third-order valence-corrected chi connectivity index (χ3v) is 9.56. The Labute approximate surface area is 287 Å². The quantitative estimate of drug-likeness (QED) is 0.181. The van der Waals surface area contributed by atoms with Crippen molar-refractivity contribution in [3.05, 3.63) is 107 Å².